The van der Waals surface area contributed by atoms with Crippen LogP contribution in [0.4, 0.5) is 0 Å². The van der Waals surface area contributed by atoms with E-state index < -0.39 is 0 Å². The third-order valence-electron chi connectivity index (χ3n) is 5.30. The molecule has 3 aliphatic heterocycles. The number of rotatable bonds is 2. The number of ether oxygens (including phenoxy) is 1. The van der Waals surface area contributed by atoms with E-state index in [1.807, 2.05) is 9.80 Å². The number of carbonyl (C=O) groups is 2. The molecule has 0 aliphatic carbocycles. The quantitative estimate of drug-likeness (QED) is 0.829. The topological polar surface area (TPSA) is 63.0 Å². The zero-order valence-corrected chi connectivity index (χ0v) is 13.1. The van der Waals surface area contributed by atoms with Gasteiger partial charge in [0.05, 0.1) is 24.0 Å². The number of amides is 2. The molecule has 3 saturated heterocycles. The van der Waals surface area contributed by atoms with Crippen LogP contribution in [0.5, 0.6) is 0 Å². The number of nitrogens with zero attached hydrogens (tertiary/aromatic N) is 2. The summed E-state index contributed by atoms with van der Waals surface area (Å²) >= 11 is 0. The summed E-state index contributed by atoms with van der Waals surface area (Å²) in [6, 6.07) is 1.68. The lowest BCUT2D eigenvalue weighted by atomic mass is 9.84. The molecule has 3 atom stereocenters. The summed E-state index contributed by atoms with van der Waals surface area (Å²) < 4.78 is 11.1. The van der Waals surface area contributed by atoms with Crippen molar-refractivity contribution in [1.82, 2.24) is 9.80 Å². The maximum Gasteiger partial charge on any atom is 0.257 e. The minimum absolute atomic E-state index is 0.0140. The highest BCUT2D eigenvalue weighted by atomic mass is 16.5. The lowest BCUT2D eigenvalue weighted by Gasteiger charge is -2.48. The van der Waals surface area contributed by atoms with Crippen molar-refractivity contribution in [3.05, 3.63) is 24.2 Å². The molecule has 0 aromatic carbocycles. The van der Waals surface area contributed by atoms with Crippen molar-refractivity contribution in [2.24, 2.45) is 5.92 Å². The number of piperidine rings is 1. The Morgan fingerprint density at radius 3 is 2.91 bits per heavy atom. The second-order valence-electron chi connectivity index (χ2n) is 6.72. The second kappa shape index (κ2) is 6.00. The monoisotopic (exact) mass is 318 g/mol. The van der Waals surface area contributed by atoms with E-state index in [4.69, 9.17) is 9.15 Å². The van der Waals surface area contributed by atoms with Crippen molar-refractivity contribution in [2.45, 2.75) is 37.8 Å². The van der Waals surface area contributed by atoms with Gasteiger partial charge in [0.1, 0.15) is 6.26 Å². The highest BCUT2D eigenvalue weighted by molar-refractivity contribution is 5.94. The minimum atomic E-state index is -0.0144. The fourth-order valence-electron chi connectivity index (χ4n) is 4.20. The van der Waals surface area contributed by atoms with Crippen LogP contribution in [0.1, 0.15) is 36.0 Å². The standard InChI is InChI=1S/C17H22N2O4/c20-15-4-1-6-19(15)14-10-18(17(21)13-5-8-22-11-13)9-12-3-2-7-23-16(12)14/h5,8,11-12,14,16H,1-4,6-7,9-10H2/t12-,14+,16-/m1/s1. The van der Waals surface area contributed by atoms with Crippen LogP contribution in [-0.2, 0) is 9.53 Å². The molecule has 1 aromatic rings. The highest BCUT2D eigenvalue weighted by Crippen LogP contribution is 2.33. The number of carbonyl (C=O) groups excluding carboxylic acids is 2. The maximum absolute atomic E-state index is 12.7. The summed E-state index contributed by atoms with van der Waals surface area (Å²) in [4.78, 5) is 28.7. The molecule has 6 nitrogen and oxygen atoms in total. The van der Waals surface area contributed by atoms with Crippen molar-refractivity contribution in [3.8, 4) is 0 Å². The van der Waals surface area contributed by atoms with E-state index >= 15 is 0 Å². The van der Waals surface area contributed by atoms with Gasteiger partial charge >= 0.3 is 0 Å². The van der Waals surface area contributed by atoms with Gasteiger partial charge in [0.2, 0.25) is 5.91 Å². The zero-order valence-electron chi connectivity index (χ0n) is 13.1. The fraction of sp³-hybridized carbons (Fsp3) is 0.647. The van der Waals surface area contributed by atoms with E-state index in [0.29, 0.717) is 31.0 Å². The predicted molar refractivity (Wildman–Crippen MR) is 81.8 cm³/mol. The lowest BCUT2D eigenvalue weighted by Crippen LogP contribution is -2.62. The molecule has 23 heavy (non-hydrogen) atoms. The molecule has 6 heteroatoms. The molecule has 0 unspecified atom stereocenters. The molecule has 0 saturated carbocycles. The predicted octanol–water partition coefficient (Wildman–Crippen LogP) is 1.52. The Labute approximate surface area is 135 Å². The van der Waals surface area contributed by atoms with Crippen LogP contribution in [0.2, 0.25) is 0 Å². The Morgan fingerprint density at radius 2 is 2.17 bits per heavy atom. The molecule has 3 aliphatic rings. The van der Waals surface area contributed by atoms with Gasteiger partial charge in [-0.15, -0.1) is 0 Å². The third kappa shape index (κ3) is 2.65. The molecule has 3 fully saturated rings. The van der Waals surface area contributed by atoms with Gasteiger partial charge in [0, 0.05) is 38.6 Å². The summed E-state index contributed by atoms with van der Waals surface area (Å²) in [6.45, 7) is 2.79. The average molecular weight is 318 g/mol. The van der Waals surface area contributed by atoms with E-state index in [1.54, 1.807) is 6.07 Å². The molecule has 1 aromatic heterocycles. The lowest BCUT2D eigenvalue weighted by molar-refractivity contribution is -0.143. The van der Waals surface area contributed by atoms with Crippen LogP contribution in [0.3, 0.4) is 0 Å². The van der Waals surface area contributed by atoms with Crippen LogP contribution >= 0.6 is 0 Å². The van der Waals surface area contributed by atoms with Crippen molar-refractivity contribution in [3.63, 3.8) is 0 Å². The van der Waals surface area contributed by atoms with E-state index in [9.17, 15) is 9.59 Å². The first-order chi connectivity index (χ1) is 11.2. The van der Waals surface area contributed by atoms with E-state index in [-0.39, 0.29) is 24.0 Å². The molecular weight excluding hydrogens is 296 g/mol. The molecule has 2 amide bonds. The molecule has 0 spiro atoms. The number of fused-ring (bicyclic) bond motifs is 1. The van der Waals surface area contributed by atoms with Crippen LogP contribution in [0, 0.1) is 5.92 Å². The van der Waals surface area contributed by atoms with Gasteiger partial charge in [0.25, 0.3) is 5.91 Å². The number of hydrogen-bond donors (Lipinski definition) is 0. The van der Waals surface area contributed by atoms with Gasteiger partial charge < -0.3 is 19.0 Å². The Bertz CT molecular complexity index is 585. The summed E-state index contributed by atoms with van der Waals surface area (Å²) in [7, 11) is 0. The van der Waals surface area contributed by atoms with Crippen LogP contribution in [0.25, 0.3) is 0 Å². The molecular formula is C17H22N2O4. The normalized spacial score (nSPS) is 31.3. The van der Waals surface area contributed by atoms with Crippen molar-refractivity contribution < 1.29 is 18.7 Å². The zero-order chi connectivity index (χ0) is 15.8. The van der Waals surface area contributed by atoms with Crippen molar-refractivity contribution in [2.75, 3.05) is 26.2 Å². The molecule has 0 bridgehead atoms. The number of furan rings is 1. The first-order valence-electron chi connectivity index (χ1n) is 8.46. The van der Waals surface area contributed by atoms with Gasteiger partial charge in [0.15, 0.2) is 0 Å². The summed E-state index contributed by atoms with van der Waals surface area (Å²) in [6.07, 6.45) is 6.67. The fourth-order valence-corrected chi connectivity index (χ4v) is 4.20. The largest absolute Gasteiger partial charge is 0.472 e. The average Bonchev–Trinajstić information content (AvgIpc) is 3.24. The van der Waals surface area contributed by atoms with Crippen LogP contribution in [0.15, 0.2) is 23.0 Å². The molecule has 124 valence electrons. The maximum atomic E-state index is 12.7. The Kier molecular flexibility index (Phi) is 3.85. The first-order valence-corrected chi connectivity index (χ1v) is 8.46. The SMILES string of the molecule is O=C(c1ccoc1)N1C[C@H]2CCCO[C@H]2[C@@H](N2CCCC2=O)C1. The summed E-state index contributed by atoms with van der Waals surface area (Å²) in [5, 5.41) is 0. The minimum Gasteiger partial charge on any atom is -0.472 e. The Morgan fingerprint density at radius 1 is 1.26 bits per heavy atom. The summed E-state index contributed by atoms with van der Waals surface area (Å²) in [5.74, 6) is 0.492. The Hall–Kier alpha value is -1.82. The van der Waals surface area contributed by atoms with E-state index in [2.05, 4.69) is 0 Å². The van der Waals surface area contributed by atoms with Gasteiger partial charge in [-0.25, -0.2) is 0 Å². The van der Waals surface area contributed by atoms with Crippen LogP contribution in [-0.4, -0.2) is 60.0 Å². The first kappa shape index (κ1) is 14.8. The Balaban J connectivity index is 1.58. The van der Waals surface area contributed by atoms with E-state index in [1.165, 1.54) is 12.5 Å². The molecule has 4 rings (SSSR count). The van der Waals surface area contributed by atoms with Gasteiger partial charge in [-0.1, -0.05) is 0 Å². The number of hydrogen-bond acceptors (Lipinski definition) is 4. The van der Waals surface area contributed by atoms with E-state index in [0.717, 1.165) is 32.4 Å². The van der Waals surface area contributed by atoms with Crippen molar-refractivity contribution >= 4 is 11.8 Å². The smallest absolute Gasteiger partial charge is 0.257 e. The number of likely N-dealkylation sites (tertiary alicyclic amines) is 2. The second-order valence-corrected chi connectivity index (χ2v) is 6.72. The van der Waals surface area contributed by atoms with Crippen LogP contribution < -0.4 is 0 Å². The van der Waals surface area contributed by atoms with Gasteiger partial charge in [-0.3, -0.25) is 9.59 Å². The highest BCUT2D eigenvalue weighted by Gasteiger charge is 2.45. The van der Waals surface area contributed by atoms with Crippen molar-refractivity contribution in [1.29, 1.82) is 0 Å². The van der Waals surface area contributed by atoms with Gasteiger partial charge in [-0.05, 0) is 25.3 Å². The molecule has 0 radical (unpaired) electrons. The third-order valence-corrected chi connectivity index (χ3v) is 5.30. The summed E-state index contributed by atoms with van der Waals surface area (Å²) in [5.41, 5.74) is 0.576. The van der Waals surface area contributed by atoms with Gasteiger partial charge in [-0.2, -0.15) is 0 Å². The molecule has 4 heterocycles. The molecule has 0 N–H and O–H groups in total.